The van der Waals surface area contributed by atoms with Gasteiger partial charge in [0.2, 0.25) is 5.88 Å². The standard InChI is InChI=1S/C20H26N4O2/c1-3-15-11-24-12-22-20-17(18(24)23-15)16(13(2)26-20)19(25)21-10-9-14-7-5-4-6-8-14/h7,12,15H,3-6,8-11H2,1-2H3,(H,21,25). The molecule has 3 heterocycles. The van der Waals surface area contributed by atoms with Crippen LogP contribution in [0.3, 0.4) is 0 Å². The Kier molecular flexibility index (Phi) is 4.66. The van der Waals surface area contributed by atoms with Gasteiger partial charge in [0.05, 0.1) is 17.2 Å². The summed E-state index contributed by atoms with van der Waals surface area (Å²) in [5.41, 5.74) is 2.79. The van der Waals surface area contributed by atoms with Crippen molar-refractivity contribution in [2.45, 2.75) is 58.4 Å². The number of aryl methyl sites for hydroxylation is 1. The van der Waals surface area contributed by atoms with Crippen molar-refractivity contribution >= 4 is 24.0 Å². The van der Waals surface area contributed by atoms with Gasteiger partial charge in [0.1, 0.15) is 17.9 Å². The number of carbonyl (C=O) groups is 1. The van der Waals surface area contributed by atoms with Crippen LogP contribution in [0.25, 0.3) is 0 Å². The van der Waals surface area contributed by atoms with E-state index in [1.54, 1.807) is 6.34 Å². The number of rotatable bonds is 5. The van der Waals surface area contributed by atoms with Gasteiger partial charge in [-0.2, -0.15) is 0 Å². The van der Waals surface area contributed by atoms with Gasteiger partial charge in [0.15, 0.2) is 0 Å². The highest BCUT2D eigenvalue weighted by Gasteiger charge is 2.35. The summed E-state index contributed by atoms with van der Waals surface area (Å²) in [7, 11) is 0. The second-order valence-electron chi connectivity index (χ2n) is 7.24. The lowest BCUT2D eigenvalue weighted by molar-refractivity contribution is 0.0952. The molecular weight excluding hydrogens is 328 g/mol. The van der Waals surface area contributed by atoms with E-state index in [1.165, 1.54) is 24.8 Å². The number of allylic oxidation sites excluding steroid dienone is 1. The summed E-state index contributed by atoms with van der Waals surface area (Å²) in [4.78, 5) is 24.1. The van der Waals surface area contributed by atoms with Crippen LogP contribution < -0.4 is 5.32 Å². The molecule has 3 aliphatic rings. The van der Waals surface area contributed by atoms with Gasteiger partial charge in [-0.3, -0.25) is 9.79 Å². The lowest BCUT2D eigenvalue weighted by Gasteiger charge is -2.18. The Balaban J connectivity index is 1.52. The van der Waals surface area contributed by atoms with Gasteiger partial charge in [-0.1, -0.05) is 18.6 Å². The fraction of sp³-hybridized carbons (Fsp3) is 0.550. The summed E-state index contributed by atoms with van der Waals surface area (Å²) in [6.45, 7) is 5.41. The predicted molar refractivity (Wildman–Crippen MR) is 102 cm³/mol. The van der Waals surface area contributed by atoms with E-state index in [1.807, 2.05) is 11.8 Å². The van der Waals surface area contributed by atoms with E-state index in [9.17, 15) is 4.79 Å². The van der Waals surface area contributed by atoms with E-state index in [0.717, 1.165) is 37.2 Å². The van der Waals surface area contributed by atoms with Gasteiger partial charge in [-0.15, -0.1) is 0 Å². The maximum absolute atomic E-state index is 12.9. The Hall–Kier alpha value is -2.37. The highest BCUT2D eigenvalue weighted by atomic mass is 16.4. The number of carbonyl (C=O) groups excluding carboxylic acids is 1. The number of amidine groups is 1. The van der Waals surface area contributed by atoms with Crippen LogP contribution in [0.4, 0.5) is 5.88 Å². The SMILES string of the molecule is CCC1CN2C=Nc3oc(C)c(C(=O)NCCC4=CCCCC4)c3C2=N1. The van der Waals surface area contributed by atoms with Crippen LogP contribution in [-0.2, 0) is 0 Å². The Morgan fingerprint density at radius 3 is 3.08 bits per heavy atom. The molecule has 2 aliphatic heterocycles. The molecule has 1 atom stereocenters. The van der Waals surface area contributed by atoms with Crippen LogP contribution in [0.5, 0.6) is 0 Å². The summed E-state index contributed by atoms with van der Waals surface area (Å²) < 4.78 is 5.75. The normalized spacial score (nSPS) is 21.2. The van der Waals surface area contributed by atoms with Crippen molar-refractivity contribution in [3.63, 3.8) is 0 Å². The molecule has 0 aromatic carbocycles. The minimum Gasteiger partial charge on any atom is -0.442 e. The van der Waals surface area contributed by atoms with Crippen molar-refractivity contribution < 1.29 is 9.21 Å². The maximum Gasteiger partial charge on any atom is 0.255 e. The molecule has 1 N–H and O–H groups in total. The molecule has 6 heteroatoms. The molecule has 0 radical (unpaired) electrons. The summed E-state index contributed by atoms with van der Waals surface area (Å²) in [5, 5.41) is 3.06. The average Bonchev–Trinajstić information content (AvgIpc) is 3.22. The van der Waals surface area contributed by atoms with Gasteiger partial charge in [-0.05, 0) is 45.4 Å². The number of fused-ring (bicyclic) bond motifs is 3. The van der Waals surface area contributed by atoms with Crippen LogP contribution in [0, 0.1) is 6.92 Å². The third-order valence-corrected chi connectivity index (χ3v) is 5.40. The Labute approximate surface area is 154 Å². The first kappa shape index (κ1) is 17.1. The number of hydrogen-bond acceptors (Lipinski definition) is 5. The predicted octanol–water partition coefficient (Wildman–Crippen LogP) is 3.72. The third-order valence-electron chi connectivity index (χ3n) is 5.40. The van der Waals surface area contributed by atoms with E-state index in [-0.39, 0.29) is 11.9 Å². The molecule has 1 amide bonds. The van der Waals surface area contributed by atoms with E-state index in [4.69, 9.17) is 9.41 Å². The molecule has 138 valence electrons. The van der Waals surface area contributed by atoms with Gasteiger partial charge in [0, 0.05) is 13.1 Å². The van der Waals surface area contributed by atoms with Crippen LogP contribution in [0.2, 0.25) is 0 Å². The van der Waals surface area contributed by atoms with Crippen LogP contribution >= 0.6 is 0 Å². The molecule has 1 aromatic heterocycles. The molecule has 1 aromatic rings. The summed E-state index contributed by atoms with van der Waals surface area (Å²) >= 11 is 0. The largest absolute Gasteiger partial charge is 0.442 e. The number of aliphatic imine (C=N–C) groups is 2. The highest BCUT2D eigenvalue weighted by molar-refractivity contribution is 6.17. The van der Waals surface area contributed by atoms with E-state index >= 15 is 0 Å². The average molecular weight is 354 g/mol. The minimum absolute atomic E-state index is 0.0939. The van der Waals surface area contributed by atoms with Crippen molar-refractivity contribution in [1.82, 2.24) is 10.2 Å². The van der Waals surface area contributed by atoms with E-state index < -0.39 is 0 Å². The molecule has 0 spiro atoms. The summed E-state index contributed by atoms with van der Waals surface area (Å²) in [5.74, 6) is 1.82. The Bertz CT molecular complexity index is 803. The first-order valence-electron chi connectivity index (χ1n) is 9.66. The zero-order chi connectivity index (χ0) is 18.1. The van der Waals surface area contributed by atoms with Crippen LogP contribution in [-0.4, -0.2) is 42.1 Å². The molecule has 0 saturated heterocycles. The second kappa shape index (κ2) is 7.09. The first-order chi connectivity index (χ1) is 12.7. The van der Waals surface area contributed by atoms with Crippen molar-refractivity contribution in [3.8, 4) is 0 Å². The summed E-state index contributed by atoms with van der Waals surface area (Å²) in [6, 6.07) is 0.242. The molecule has 26 heavy (non-hydrogen) atoms. The number of nitrogens with zero attached hydrogens (tertiary/aromatic N) is 3. The molecule has 0 bridgehead atoms. The van der Waals surface area contributed by atoms with Gasteiger partial charge in [0.25, 0.3) is 5.91 Å². The zero-order valence-electron chi connectivity index (χ0n) is 15.5. The fourth-order valence-electron chi connectivity index (χ4n) is 3.91. The number of furan rings is 1. The smallest absolute Gasteiger partial charge is 0.255 e. The lowest BCUT2D eigenvalue weighted by atomic mass is 9.97. The second-order valence-corrected chi connectivity index (χ2v) is 7.24. The molecule has 6 nitrogen and oxygen atoms in total. The molecule has 1 unspecified atom stereocenters. The van der Waals surface area contributed by atoms with Gasteiger partial charge >= 0.3 is 0 Å². The first-order valence-corrected chi connectivity index (χ1v) is 9.66. The fourth-order valence-corrected chi connectivity index (χ4v) is 3.91. The number of nitrogens with one attached hydrogen (secondary N) is 1. The molecular formula is C20H26N4O2. The number of amides is 1. The van der Waals surface area contributed by atoms with Gasteiger partial charge in [-0.25, -0.2) is 4.99 Å². The zero-order valence-corrected chi connectivity index (χ0v) is 15.5. The highest BCUT2D eigenvalue weighted by Crippen LogP contribution is 2.35. The quantitative estimate of drug-likeness (QED) is 0.819. The number of hydrogen-bond donors (Lipinski definition) is 1. The lowest BCUT2D eigenvalue weighted by Crippen LogP contribution is -2.33. The molecule has 4 rings (SSSR count). The van der Waals surface area contributed by atoms with Crippen molar-refractivity contribution in [2.24, 2.45) is 9.98 Å². The van der Waals surface area contributed by atoms with Crippen LogP contribution in [0.1, 0.15) is 67.1 Å². The minimum atomic E-state index is -0.0939. The van der Waals surface area contributed by atoms with Crippen LogP contribution in [0.15, 0.2) is 26.1 Å². The Morgan fingerprint density at radius 2 is 2.31 bits per heavy atom. The van der Waals surface area contributed by atoms with Crippen molar-refractivity contribution in [2.75, 3.05) is 13.1 Å². The molecule has 0 fully saturated rings. The van der Waals surface area contributed by atoms with E-state index in [0.29, 0.717) is 23.8 Å². The monoisotopic (exact) mass is 354 g/mol. The Morgan fingerprint density at radius 1 is 1.42 bits per heavy atom. The topological polar surface area (TPSA) is 70.2 Å². The maximum atomic E-state index is 12.9. The third kappa shape index (κ3) is 3.08. The summed E-state index contributed by atoms with van der Waals surface area (Å²) in [6.07, 6.45) is 10.9. The molecule has 0 saturated carbocycles. The van der Waals surface area contributed by atoms with Gasteiger partial charge < -0.3 is 14.6 Å². The van der Waals surface area contributed by atoms with Crippen molar-refractivity contribution in [1.29, 1.82) is 0 Å². The van der Waals surface area contributed by atoms with E-state index in [2.05, 4.69) is 23.3 Å². The molecule has 1 aliphatic carbocycles. The van der Waals surface area contributed by atoms with Crippen molar-refractivity contribution in [3.05, 3.63) is 28.5 Å².